The first-order valence-electron chi connectivity index (χ1n) is 16.3. The van der Waals surface area contributed by atoms with Gasteiger partial charge < -0.3 is 10.4 Å². The molecule has 7 rings (SSSR count). The number of nitrogens with zero attached hydrogens (tertiary/aromatic N) is 1. The fourth-order valence-electron chi connectivity index (χ4n) is 12.8. The Bertz CT molecular complexity index is 1390. The van der Waals surface area contributed by atoms with Crippen LogP contribution in [0.25, 0.3) is 0 Å². The summed E-state index contributed by atoms with van der Waals surface area (Å²) in [6, 6.07) is 3.45. The Morgan fingerprint density at radius 3 is 2.39 bits per heavy atom. The number of carbonyl (C=O) groups excluding carboxylic acids is 2. The third-order valence-electron chi connectivity index (χ3n) is 14.8. The summed E-state index contributed by atoms with van der Waals surface area (Å²) in [4.78, 5) is 31.1. The number of fused-ring (bicyclic) bond motifs is 10. The van der Waals surface area contributed by atoms with Crippen LogP contribution in [0, 0.1) is 50.7 Å². The molecule has 2 N–H and O–H groups in total. The van der Waals surface area contributed by atoms with Crippen molar-refractivity contribution in [3.63, 3.8) is 0 Å². The fraction of sp³-hybridized carbons (Fsp3) is 0.750. The molecule has 1 unspecified atom stereocenters. The molecule has 0 radical (unpaired) electrons. The molecule has 41 heavy (non-hydrogen) atoms. The molecule has 0 saturated heterocycles. The lowest BCUT2D eigenvalue weighted by Crippen LogP contribution is -2.73. The average Bonchev–Trinajstić information content (AvgIpc) is 3.17. The number of hydrogen-bond acceptors (Lipinski definition) is 4. The SMILES string of the molecule is CC(C)C1=C2[C@H]3CC[C@@H]4[C@@]5(C)CC6NC(=O)c7ncccc7[C@@]6(O)C(C)(C)[C@@H]5CC[C@@]4(C)[C@]3(C)CC[C@@]2(C)CC1=O. The summed E-state index contributed by atoms with van der Waals surface area (Å²) in [6.07, 6.45) is 9.93. The topological polar surface area (TPSA) is 79.3 Å². The van der Waals surface area contributed by atoms with E-state index in [1.54, 1.807) is 6.20 Å². The predicted molar refractivity (Wildman–Crippen MR) is 160 cm³/mol. The molecule has 1 amide bonds. The number of nitrogens with one attached hydrogen (secondary N) is 1. The molecule has 9 atom stereocenters. The molecule has 4 saturated carbocycles. The summed E-state index contributed by atoms with van der Waals surface area (Å²) in [5.74, 6) is 1.81. The van der Waals surface area contributed by atoms with Crippen molar-refractivity contribution < 1.29 is 14.7 Å². The number of Topliss-reactive ketones (excluding diaryl/α,β-unsaturated/α-hetero) is 1. The molecular formula is C36H50N2O3. The van der Waals surface area contributed by atoms with Gasteiger partial charge in [-0.3, -0.25) is 14.6 Å². The quantitative estimate of drug-likeness (QED) is 0.389. The molecule has 0 spiro atoms. The molecular weight excluding hydrogens is 508 g/mol. The molecule has 1 aliphatic heterocycles. The third kappa shape index (κ3) is 3.05. The van der Waals surface area contributed by atoms with Gasteiger partial charge in [0.1, 0.15) is 11.3 Å². The van der Waals surface area contributed by atoms with Gasteiger partial charge in [-0.05, 0) is 102 Å². The van der Waals surface area contributed by atoms with Crippen molar-refractivity contribution in [2.75, 3.05) is 0 Å². The molecule has 0 bridgehead atoms. The Balaban J connectivity index is 1.33. The van der Waals surface area contributed by atoms with Gasteiger partial charge >= 0.3 is 0 Å². The summed E-state index contributed by atoms with van der Waals surface area (Å²) in [5.41, 5.74) is 2.45. The van der Waals surface area contributed by atoms with Crippen LogP contribution in [-0.4, -0.2) is 27.8 Å². The lowest BCUT2D eigenvalue weighted by atomic mass is 9.31. The van der Waals surface area contributed by atoms with E-state index in [9.17, 15) is 14.7 Å². The Kier molecular flexibility index (Phi) is 5.51. The van der Waals surface area contributed by atoms with Crippen LogP contribution >= 0.6 is 0 Å². The first-order chi connectivity index (χ1) is 19.1. The first kappa shape index (κ1) is 27.8. The van der Waals surface area contributed by atoms with Crippen LogP contribution in [-0.2, 0) is 10.4 Å². The van der Waals surface area contributed by atoms with E-state index in [1.807, 2.05) is 12.1 Å². The first-order valence-corrected chi connectivity index (χ1v) is 16.3. The molecule has 222 valence electrons. The highest BCUT2D eigenvalue weighted by molar-refractivity contribution is 6.00. The Morgan fingerprint density at radius 1 is 0.951 bits per heavy atom. The van der Waals surface area contributed by atoms with Crippen molar-refractivity contribution in [2.45, 2.75) is 118 Å². The lowest BCUT2D eigenvalue weighted by Gasteiger charge is -2.74. The van der Waals surface area contributed by atoms with Crippen LogP contribution in [0.1, 0.15) is 123 Å². The maximum absolute atomic E-state index is 13.4. The summed E-state index contributed by atoms with van der Waals surface area (Å²) < 4.78 is 0. The smallest absolute Gasteiger partial charge is 0.270 e. The highest BCUT2D eigenvalue weighted by Gasteiger charge is 2.73. The van der Waals surface area contributed by atoms with Crippen molar-refractivity contribution in [2.24, 2.45) is 50.7 Å². The number of ketones is 1. The number of allylic oxidation sites excluding steroid dienone is 2. The Labute approximate surface area is 246 Å². The molecule has 5 nitrogen and oxygen atoms in total. The maximum atomic E-state index is 13.4. The number of carbonyl (C=O) groups is 2. The van der Waals surface area contributed by atoms with Crippen molar-refractivity contribution in [1.29, 1.82) is 0 Å². The standard InChI is InChI=1S/C36H50N2O3/c1-20(2)27-23(39)18-32(5)15-16-34(7)21(28(27)32)11-12-25-33(6)19-26-36(41,22-10-9-17-37-29(22)30(40)38-26)31(3,4)24(33)13-14-35(25,34)8/h9-10,17,20-21,24-26,41H,11-16,18-19H2,1-8H3,(H,38,40)/t21-,24+,25-,26?,32+,33+,34-,35-,36+/m1/s1. The number of amides is 1. The van der Waals surface area contributed by atoms with Crippen LogP contribution in [0.4, 0.5) is 0 Å². The van der Waals surface area contributed by atoms with Crippen LogP contribution < -0.4 is 5.32 Å². The van der Waals surface area contributed by atoms with E-state index >= 15 is 0 Å². The second-order valence-corrected chi connectivity index (χ2v) is 16.9. The largest absolute Gasteiger partial charge is 0.382 e. The molecule has 1 aromatic rings. The molecule has 0 aromatic carbocycles. The zero-order chi connectivity index (χ0) is 29.5. The molecule has 6 aliphatic rings. The number of aromatic nitrogens is 1. The summed E-state index contributed by atoms with van der Waals surface area (Å²) >= 11 is 0. The number of aliphatic hydroxyl groups is 1. The normalized spacial score (nSPS) is 48.0. The van der Waals surface area contributed by atoms with E-state index in [2.05, 4.69) is 65.7 Å². The highest BCUT2D eigenvalue weighted by Crippen LogP contribution is 2.78. The van der Waals surface area contributed by atoms with E-state index in [4.69, 9.17) is 0 Å². The molecule has 4 fully saturated rings. The van der Waals surface area contributed by atoms with Gasteiger partial charge in [0.25, 0.3) is 5.91 Å². The fourth-order valence-corrected chi connectivity index (χ4v) is 12.8. The second-order valence-electron chi connectivity index (χ2n) is 16.9. The van der Waals surface area contributed by atoms with Gasteiger partial charge in [0.05, 0.1) is 6.04 Å². The van der Waals surface area contributed by atoms with Crippen molar-refractivity contribution >= 4 is 11.7 Å². The molecule has 2 heterocycles. The minimum Gasteiger partial charge on any atom is -0.382 e. The number of pyridine rings is 1. The third-order valence-corrected chi connectivity index (χ3v) is 14.8. The minimum atomic E-state index is -1.16. The van der Waals surface area contributed by atoms with Gasteiger partial charge in [-0.1, -0.05) is 67.0 Å². The van der Waals surface area contributed by atoms with Gasteiger partial charge in [0.15, 0.2) is 5.78 Å². The van der Waals surface area contributed by atoms with Gasteiger partial charge in [-0.25, -0.2) is 0 Å². The van der Waals surface area contributed by atoms with Crippen LogP contribution in [0.2, 0.25) is 0 Å². The number of hydrogen-bond donors (Lipinski definition) is 2. The lowest BCUT2D eigenvalue weighted by molar-refractivity contribution is -0.264. The van der Waals surface area contributed by atoms with Crippen LogP contribution in [0.5, 0.6) is 0 Å². The zero-order valence-corrected chi connectivity index (χ0v) is 26.5. The van der Waals surface area contributed by atoms with Crippen molar-refractivity contribution in [1.82, 2.24) is 10.3 Å². The van der Waals surface area contributed by atoms with Gasteiger partial charge in [-0.15, -0.1) is 0 Å². The number of rotatable bonds is 1. The van der Waals surface area contributed by atoms with Crippen molar-refractivity contribution in [3.8, 4) is 0 Å². The summed E-state index contributed by atoms with van der Waals surface area (Å²) in [7, 11) is 0. The van der Waals surface area contributed by atoms with Crippen LogP contribution in [0.3, 0.4) is 0 Å². The average molecular weight is 559 g/mol. The molecule has 1 aromatic heterocycles. The van der Waals surface area contributed by atoms with Crippen LogP contribution in [0.15, 0.2) is 29.5 Å². The van der Waals surface area contributed by atoms with E-state index in [-0.39, 0.29) is 39.5 Å². The zero-order valence-electron chi connectivity index (χ0n) is 26.5. The van der Waals surface area contributed by atoms with Crippen molar-refractivity contribution in [3.05, 3.63) is 40.7 Å². The second kappa shape index (κ2) is 8.12. The summed E-state index contributed by atoms with van der Waals surface area (Å²) in [5, 5.41) is 15.9. The van der Waals surface area contributed by atoms with Gasteiger partial charge in [0, 0.05) is 23.6 Å². The van der Waals surface area contributed by atoms with Gasteiger partial charge in [0.2, 0.25) is 0 Å². The van der Waals surface area contributed by atoms with Gasteiger partial charge in [-0.2, -0.15) is 0 Å². The molecule has 5 heteroatoms. The molecule has 5 aliphatic carbocycles. The monoisotopic (exact) mass is 558 g/mol. The predicted octanol–water partition coefficient (Wildman–Crippen LogP) is 6.99. The van der Waals surface area contributed by atoms with E-state index in [0.29, 0.717) is 41.2 Å². The van der Waals surface area contributed by atoms with E-state index in [0.717, 1.165) is 44.1 Å². The van der Waals surface area contributed by atoms with E-state index < -0.39 is 11.0 Å². The highest BCUT2D eigenvalue weighted by atomic mass is 16.3. The maximum Gasteiger partial charge on any atom is 0.270 e. The van der Waals surface area contributed by atoms with E-state index in [1.165, 1.54) is 12.0 Å². The Morgan fingerprint density at radius 2 is 1.68 bits per heavy atom. The minimum absolute atomic E-state index is 0.0180. The summed E-state index contributed by atoms with van der Waals surface area (Å²) in [6.45, 7) is 19.0. The Hall–Kier alpha value is -2.01.